The summed E-state index contributed by atoms with van der Waals surface area (Å²) in [6.45, 7) is 7.71. The van der Waals surface area contributed by atoms with Crippen molar-refractivity contribution < 1.29 is 27.1 Å². The van der Waals surface area contributed by atoms with Crippen LogP contribution in [0, 0.1) is 34.5 Å². The molecule has 1 nitrogen and oxygen atoms in total. The van der Waals surface area contributed by atoms with E-state index in [0.717, 1.165) is 56.5 Å². The van der Waals surface area contributed by atoms with E-state index in [1.165, 1.54) is 5.57 Å². The summed E-state index contributed by atoms with van der Waals surface area (Å²) < 4.78 is 70.9. The minimum absolute atomic E-state index is 0.0359. The second kappa shape index (κ2) is 9.43. The maximum Gasteiger partial charge on any atom is 0.456 e. The molecule has 5 rings (SSSR count). The monoisotopic (exact) mass is 564 g/mol. The SMILES string of the molecule is C=CCCCC[C@@H]1CC2=CC3(CC[C@]2(C)[C@H]2CC[C@@]4(C)[C@@H](CC[C@@]4(O)C(F)(F)C(F)(F)F)[C@H]12)SCCS3. The van der Waals surface area contributed by atoms with Gasteiger partial charge in [0.15, 0.2) is 0 Å². The van der Waals surface area contributed by atoms with Gasteiger partial charge in [-0.15, -0.1) is 30.1 Å². The third kappa shape index (κ3) is 4.10. The van der Waals surface area contributed by atoms with Crippen LogP contribution < -0.4 is 0 Å². The van der Waals surface area contributed by atoms with Gasteiger partial charge in [0.2, 0.25) is 0 Å². The third-order valence-electron chi connectivity index (χ3n) is 11.3. The van der Waals surface area contributed by atoms with Gasteiger partial charge in [0.25, 0.3) is 0 Å². The third-order valence-corrected chi connectivity index (χ3v) is 14.7. The Kier molecular flexibility index (Phi) is 7.22. The Morgan fingerprint density at radius 1 is 1.00 bits per heavy atom. The zero-order valence-electron chi connectivity index (χ0n) is 22.0. The Labute approximate surface area is 226 Å². The zero-order valence-corrected chi connectivity index (χ0v) is 23.7. The molecule has 1 N–H and O–H groups in total. The minimum atomic E-state index is -5.76. The number of aliphatic hydroxyl groups is 1. The van der Waals surface area contributed by atoms with Gasteiger partial charge >= 0.3 is 12.1 Å². The molecule has 3 saturated carbocycles. The molecule has 0 unspecified atom stereocenters. The largest absolute Gasteiger partial charge is 0.456 e. The van der Waals surface area contributed by atoms with Crippen molar-refractivity contribution in [2.24, 2.45) is 34.5 Å². The van der Waals surface area contributed by atoms with Crippen LogP contribution in [0.4, 0.5) is 22.0 Å². The van der Waals surface area contributed by atoms with Crippen molar-refractivity contribution in [1.29, 1.82) is 0 Å². The second-order valence-electron chi connectivity index (χ2n) is 12.9. The Morgan fingerprint density at radius 3 is 2.32 bits per heavy atom. The predicted molar refractivity (Wildman–Crippen MR) is 143 cm³/mol. The average Bonchev–Trinajstić information content (AvgIpc) is 3.40. The molecular formula is C29H41F5OS2. The van der Waals surface area contributed by atoms with Crippen molar-refractivity contribution in [3.05, 3.63) is 24.3 Å². The van der Waals surface area contributed by atoms with Crippen molar-refractivity contribution >= 4 is 23.5 Å². The zero-order chi connectivity index (χ0) is 26.9. The number of halogens is 5. The smallest absolute Gasteiger partial charge is 0.383 e. The lowest BCUT2D eigenvalue weighted by Crippen LogP contribution is -2.66. The van der Waals surface area contributed by atoms with E-state index in [2.05, 4.69) is 19.6 Å². The van der Waals surface area contributed by atoms with Crippen LogP contribution in [0.1, 0.15) is 84.5 Å². The molecule has 1 aliphatic heterocycles. The standard InChI is InChI=1S/C29H41F5OS2/c1-4-5-6-7-8-19-17-20-18-26(36-15-16-37-26)14-13-24(20,2)21-9-11-25(3)22(23(19)21)10-12-27(25,35)28(30,31)29(32,33)34/h4,18-19,21-23,35H,1,5-17H2,2-3H3/t19-,21+,22+,23-,24+,25+,27+/m1/s1. The van der Waals surface area contributed by atoms with Crippen LogP contribution in [0.3, 0.4) is 0 Å². The first-order valence-electron chi connectivity index (χ1n) is 14.0. The minimum Gasteiger partial charge on any atom is -0.383 e. The van der Waals surface area contributed by atoms with Crippen molar-refractivity contribution in [3.8, 4) is 0 Å². The molecule has 0 bridgehead atoms. The van der Waals surface area contributed by atoms with Gasteiger partial charge in [-0.2, -0.15) is 22.0 Å². The molecule has 0 amide bonds. The highest BCUT2D eigenvalue weighted by molar-refractivity contribution is 8.21. The molecular weight excluding hydrogens is 523 g/mol. The molecule has 210 valence electrons. The van der Waals surface area contributed by atoms with Gasteiger partial charge in [-0.1, -0.05) is 38.0 Å². The molecule has 8 heteroatoms. The number of hydrogen-bond acceptors (Lipinski definition) is 3. The summed E-state index contributed by atoms with van der Waals surface area (Å²) in [5, 5.41) is 11.3. The van der Waals surface area contributed by atoms with Gasteiger partial charge in [-0.05, 0) is 93.3 Å². The molecule has 5 aliphatic rings. The second-order valence-corrected chi connectivity index (χ2v) is 16.0. The highest BCUT2D eigenvalue weighted by Crippen LogP contribution is 2.73. The summed E-state index contributed by atoms with van der Waals surface area (Å²) in [6.07, 6.45) is 6.25. The first-order valence-corrected chi connectivity index (χ1v) is 16.0. The Morgan fingerprint density at radius 2 is 1.68 bits per heavy atom. The Bertz CT molecular complexity index is 928. The van der Waals surface area contributed by atoms with Crippen LogP contribution in [0.15, 0.2) is 24.3 Å². The Balaban J connectivity index is 1.52. The Hall–Kier alpha value is -0.210. The molecule has 37 heavy (non-hydrogen) atoms. The lowest BCUT2D eigenvalue weighted by Gasteiger charge is -2.62. The van der Waals surface area contributed by atoms with Gasteiger partial charge in [0, 0.05) is 16.9 Å². The summed E-state index contributed by atoms with van der Waals surface area (Å²) in [4.78, 5) is 0. The first-order chi connectivity index (χ1) is 17.2. The fourth-order valence-electron chi connectivity index (χ4n) is 9.28. The van der Waals surface area contributed by atoms with Gasteiger partial charge in [-0.3, -0.25) is 0 Å². The number of rotatable bonds is 6. The van der Waals surface area contributed by atoms with Crippen LogP contribution in [0.2, 0.25) is 0 Å². The van der Waals surface area contributed by atoms with Crippen molar-refractivity contribution in [2.75, 3.05) is 11.5 Å². The van der Waals surface area contributed by atoms with Gasteiger partial charge in [0.05, 0.1) is 4.08 Å². The van der Waals surface area contributed by atoms with E-state index in [1.54, 1.807) is 6.92 Å². The van der Waals surface area contributed by atoms with E-state index in [-0.39, 0.29) is 46.0 Å². The van der Waals surface area contributed by atoms with Crippen LogP contribution in [0.5, 0.6) is 0 Å². The maximum atomic E-state index is 15.0. The van der Waals surface area contributed by atoms with Crippen LogP contribution in [0.25, 0.3) is 0 Å². The lowest BCUT2D eigenvalue weighted by atomic mass is 9.43. The fourth-order valence-corrected chi connectivity index (χ4v) is 12.4. The summed E-state index contributed by atoms with van der Waals surface area (Å²) in [5.41, 5.74) is -3.03. The van der Waals surface area contributed by atoms with E-state index < -0.39 is 29.5 Å². The summed E-state index contributed by atoms with van der Waals surface area (Å²) in [6, 6.07) is 0. The van der Waals surface area contributed by atoms with Gasteiger partial charge < -0.3 is 5.11 Å². The number of unbranched alkanes of at least 4 members (excludes halogenated alkanes) is 2. The van der Waals surface area contributed by atoms with E-state index >= 15 is 0 Å². The lowest BCUT2D eigenvalue weighted by molar-refractivity contribution is -0.364. The highest BCUT2D eigenvalue weighted by atomic mass is 32.2. The molecule has 1 heterocycles. The van der Waals surface area contributed by atoms with E-state index in [1.807, 2.05) is 29.6 Å². The normalized spacial score (nSPS) is 43.2. The van der Waals surface area contributed by atoms with Crippen LogP contribution >= 0.6 is 23.5 Å². The number of fused-ring (bicyclic) bond motifs is 5. The van der Waals surface area contributed by atoms with Crippen molar-refractivity contribution in [2.45, 2.75) is 106 Å². The van der Waals surface area contributed by atoms with Crippen molar-refractivity contribution in [3.63, 3.8) is 0 Å². The number of thioether (sulfide) groups is 2. The van der Waals surface area contributed by atoms with Gasteiger partial charge in [-0.25, -0.2) is 0 Å². The molecule has 0 aromatic carbocycles. The maximum absolute atomic E-state index is 15.0. The number of alkyl halides is 5. The molecule has 0 aromatic heterocycles. The van der Waals surface area contributed by atoms with Crippen LogP contribution in [-0.4, -0.2) is 38.4 Å². The molecule has 4 fully saturated rings. The summed E-state index contributed by atoms with van der Waals surface area (Å²) in [5.74, 6) is -2.52. The molecule has 0 aromatic rings. The molecule has 1 saturated heterocycles. The first kappa shape index (κ1) is 28.3. The average molecular weight is 565 g/mol. The predicted octanol–water partition coefficient (Wildman–Crippen LogP) is 9.03. The van der Waals surface area contributed by atoms with Gasteiger partial charge in [0.1, 0.15) is 5.60 Å². The molecule has 0 radical (unpaired) electrons. The fraction of sp³-hybridized carbons (Fsp3) is 0.862. The van der Waals surface area contributed by atoms with E-state index in [9.17, 15) is 27.1 Å². The van der Waals surface area contributed by atoms with E-state index in [4.69, 9.17) is 0 Å². The topological polar surface area (TPSA) is 20.2 Å². The van der Waals surface area contributed by atoms with Crippen LogP contribution in [-0.2, 0) is 0 Å². The molecule has 4 aliphatic carbocycles. The summed E-state index contributed by atoms with van der Waals surface area (Å²) >= 11 is 4.09. The highest BCUT2D eigenvalue weighted by Gasteiger charge is 2.79. The number of allylic oxidation sites excluding steroid dienone is 2. The molecule has 1 spiro atoms. The number of hydrogen-bond donors (Lipinski definition) is 1. The summed E-state index contributed by atoms with van der Waals surface area (Å²) in [7, 11) is 0. The quantitative estimate of drug-likeness (QED) is 0.197. The molecule has 7 atom stereocenters. The van der Waals surface area contributed by atoms with E-state index in [0.29, 0.717) is 6.42 Å². The van der Waals surface area contributed by atoms with Crippen molar-refractivity contribution in [1.82, 2.24) is 0 Å².